The van der Waals surface area contributed by atoms with Gasteiger partial charge < -0.3 is 19.5 Å². The minimum atomic E-state index is -0.334. The van der Waals surface area contributed by atoms with Crippen LogP contribution in [-0.2, 0) is 6.54 Å². The van der Waals surface area contributed by atoms with Gasteiger partial charge >= 0.3 is 0 Å². The van der Waals surface area contributed by atoms with Crippen LogP contribution in [0, 0.1) is 6.92 Å². The monoisotopic (exact) mass is 397 g/mol. The number of hydrogen-bond acceptors (Lipinski definition) is 5. The van der Waals surface area contributed by atoms with Gasteiger partial charge in [-0.2, -0.15) is 0 Å². The van der Waals surface area contributed by atoms with E-state index in [0.717, 1.165) is 16.8 Å². The Balaban J connectivity index is 1.67. The third-order valence-corrected chi connectivity index (χ3v) is 5.45. The first-order valence-corrected chi connectivity index (χ1v) is 9.64. The van der Waals surface area contributed by atoms with E-state index in [1.165, 1.54) is 17.6 Å². The van der Waals surface area contributed by atoms with Crippen LogP contribution in [0.1, 0.15) is 31.4 Å². The summed E-state index contributed by atoms with van der Waals surface area (Å²) in [6.45, 7) is 2.38. The Labute approximate surface area is 168 Å². The highest BCUT2D eigenvalue weighted by Crippen LogP contribution is 2.28. The van der Waals surface area contributed by atoms with Gasteiger partial charge in [0, 0.05) is 33.4 Å². The standard InChI is InChI=1S/C21H23N3O3S/c1-14-12-18(22-20(25)17-6-5-11-27-17)28-19(14)21(26)24(4)13-15-7-9-16(10-8-15)23(2)3/h5-12H,13H2,1-4H3,(H,22,25). The highest BCUT2D eigenvalue weighted by atomic mass is 32.1. The predicted octanol–water partition coefficient (Wildman–Crippen LogP) is 4.24. The lowest BCUT2D eigenvalue weighted by Crippen LogP contribution is -2.26. The molecule has 2 heterocycles. The molecule has 3 aromatic rings. The van der Waals surface area contributed by atoms with Crippen molar-refractivity contribution in [3.63, 3.8) is 0 Å². The van der Waals surface area contributed by atoms with Crippen LogP contribution in [0.15, 0.2) is 53.1 Å². The van der Waals surface area contributed by atoms with Crippen LogP contribution >= 0.6 is 11.3 Å². The summed E-state index contributed by atoms with van der Waals surface area (Å²) in [7, 11) is 5.77. The van der Waals surface area contributed by atoms with E-state index in [4.69, 9.17) is 4.42 Å². The zero-order valence-corrected chi connectivity index (χ0v) is 17.2. The van der Waals surface area contributed by atoms with Crippen molar-refractivity contribution in [3.8, 4) is 0 Å². The Bertz CT molecular complexity index is 959. The number of benzene rings is 1. The number of aryl methyl sites for hydroxylation is 1. The number of rotatable bonds is 6. The van der Waals surface area contributed by atoms with Crippen molar-refractivity contribution in [3.05, 3.63) is 70.5 Å². The number of thiophene rings is 1. The second kappa shape index (κ2) is 8.31. The maximum atomic E-state index is 12.9. The summed E-state index contributed by atoms with van der Waals surface area (Å²) in [6, 6.07) is 13.2. The number of amides is 2. The van der Waals surface area contributed by atoms with Crippen LogP contribution in [0.5, 0.6) is 0 Å². The number of hydrogen-bond donors (Lipinski definition) is 1. The van der Waals surface area contributed by atoms with E-state index >= 15 is 0 Å². The summed E-state index contributed by atoms with van der Waals surface area (Å²) in [5.74, 6) is -0.172. The summed E-state index contributed by atoms with van der Waals surface area (Å²) in [4.78, 5) is 29.3. The molecule has 0 radical (unpaired) electrons. The molecule has 6 nitrogen and oxygen atoms in total. The molecule has 28 heavy (non-hydrogen) atoms. The van der Waals surface area contributed by atoms with E-state index in [9.17, 15) is 9.59 Å². The van der Waals surface area contributed by atoms with Crippen molar-refractivity contribution in [1.82, 2.24) is 4.90 Å². The third-order valence-electron chi connectivity index (χ3n) is 4.31. The fraction of sp³-hybridized carbons (Fsp3) is 0.238. The fourth-order valence-corrected chi connectivity index (χ4v) is 3.82. The van der Waals surface area contributed by atoms with Gasteiger partial charge in [-0.1, -0.05) is 12.1 Å². The molecule has 1 aromatic carbocycles. The molecule has 0 bridgehead atoms. The van der Waals surface area contributed by atoms with Crippen molar-refractivity contribution in [2.45, 2.75) is 13.5 Å². The normalized spacial score (nSPS) is 10.6. The molecule has 0 spiro atoms. The van der Waals surface area contributed by atoms with Crippen LogP contribution in [0.3, 0.4) is 0 Å². The van der Waals surface area contributed by atoms with Crippen molar-refractivity contribution >= 4 is 33.8 Å². The van der Waals surface area contributed by atoms with Gasteiger partial charge in [0.1, 0.15) is 0 Å². The Kier molecular flexibility index (Phi) is 5.84. The lowest BCUT2D eigenvalue weighted by molar-refractivity contribution is 0.0789. The van der Waals surface area contributed by atoms with Crippen molar-refractivity contribution in [2.24, 2.45) is 0 Å². The third kappa shape index (κ3) is 4.43. The molecule has 1 N–H and O–H groups in total. The lowest BCUT2D eigenvalue weighted by atomic mass is 10.2. The van der Waals surface area contributed by atoms with E-state index < -0.39 is 0 Å². The van der Waals surface area contributed by atoms with Gasteiger partial charge in [-0.15, -0.1) is 11.3 Å². The molecule has 0 aliphatic heterocycles. The van der Waals surface area contributed by atoms with Gasteiger partial charge in [0.05, 0.1) is 16.1 Å². The number of nitrogens with zero attached hydrogens (tertiary/aromatic N) is 2. The maximum Gasteiger partial charge on any atom is 0.291 e. The molecule has 0 saturated carbocycles. The van der Waals surface area contributed by atoms with Gasteiger partial charge in [-0.25, -0.2) is 0 Å². The quantitative estimate of drug-likeness (QED) is 0.676. The first-order chi connectivity index (χ1) is 13.3. The number of carbonyl (C=O) groups excluding carboxylic acids is 2. The van der Waals surface area contributed by atoms with Crippen LogP contribution in [0.2, 0.25) is 0 Å². The van der Waals surface area contributed by atoms with Gasteiger partial charge in [-0.3, -0.25) is 9.59 Å². The number of nitrogens with one attached hydrogen (secondary N) is 1. The Morgan fingerprint density at radius 2 is 1.82 bits per heavy atom. The smallest absolute Gasteiger partial charge is 0.291 e. The Hall–Kier alpha value is -3.06. The highest BCUT2D eigenvalue weighted by Gasteiger charge is 2.19. The lowest BCUT2D eigenvalue weighted by Gasteiger charge is -2.18. The minimum Gasteiger partial charge on any atom is -0.459 e. The SMILES string of the molecule is Cc1cc(NC(=O)c2ccco2)sc1C(=O)N(C)Cc1ccc(N(C)C)cc1. The van der Waals surface area contributed by atoms with Crippen molar-refractivity contribution < 1.29 is 14.0 Å². The van der Waals surface area contributed by atoms with Crippen molar-refractivity contribution in [2.75, 3.05) is 31.4 Å². The summed E-state index contributed by atoms with van der Waals surface area (Å²) in [5, 5.41) is 3.39. The molecule has 0 unspecified atom stereocenters. The molecular weight excluding hydrogens is 374 g/mol. The summed E-state index contributed by atoms with van der Waals surface area (Å²) in [5.41, 5.74) is 3.00. The van der Waals surface area contributed by atoms with Gasteiger partial charge in [0.25, 0.3) is 11.8 Å². The zero-order chi connectivity index (χ0) is 20.3. The van der Waals surface area contributed by atoms with Crippen LogP contribution < -0.4 is 10.2 Å². The Morgan fingerprint density at radius 3 is 2.43 bits per heavy atom. The zero-order valence-electron chi connectivity index (χ0n) is 16.4. The molecule has 3 rings (SSSR count). The molecule has 0 aliphatic carbocycles. The minimum absolute atomic E-state index is 0.0716. The molecule has 0 fully saturated rings. The molecular formula is C21H23N3O3S. The predicted molar refractivity (Wildman–Crippen MR) is 112 cm³/mol. The van der Waals surface area contributed by atoms with Crippen LogP contribution in [0.25, 0.3) is 0 Å². The van der Waals surface area contributed by atoms with Crippen molar-refractivity contribution in [1.29, 1.82) is 0 Å². The van der Waals surface area contributed by atoms with Crippen LogP contribution in [0.4, 0.5) is 10.7 Å². The molecule has 2 amide bonds. The summed E-state index contributed by atoms with van der Waals surface area (Å²) in [6.07, 6.45) is 1.45. The average molecular weight is 398 g/mol. The van der Waals surface area contributed by atoms with Gasteiger partial charge in [0.2, 0.25) is 0 Å². The van der Waals surface area contributed by atoms with E-state index in [1.807, 2.05) is 50.2 Å². The Morgan fingerprint density at radius 1 is 1.11 bits per heavy atom. The topological polar surface area (TPSA) is 65.8 Å². The average Bonchev–Trinajstić information content (AvgIpc) is 3.31. The van der Waals surface area contributed by atoms with E-state index in [0.29, 0.717) is 16.4 Å². The van der Waals surface area contributed by atoms with Gasteiger partial charge in [0.15, 0.2) is 5.76 Å². The summed E-state index contributed by atoms with van der Waals surface area (Å²) < 4.78 is 5.09. The maximum absolute atomic E-state index is 12.9. The highest BCUT2D eigenvalue weighted by molar-refractivity contribution is 7.18. The molecule has 146 valence electrons. The van der Waals surface area contributed by atoms with E-state index in [-0.39, 0.29) is 17.6 Å². The summed E-state index contributed by atoms with van der Waals surface area (Å²) >= 11 is 1.27. The van der Waals surface area contributed by atoms with E-state index in [2.05, 4.69) is 5.32 Å². The van der Waals surface area contributed by atoms with Gasteiger partial charge in [-0.05, 0) is 48.4 Å². The second-order valence-corrected chi connectivity index (χ2v) is 7.83. The van der Waals surface area contributed by atoms with Crippen LogP contribution in [-0.4, -0.2) is 37.9 Å². The molecule has 2 aromatic heterocycles. The largest absolute Gasteiger partial charge is 0.459 e. The number of furan rings is 1. The number of anilines is 2. The molecule has 7 heteroatoms. The number of carbonyl (C=O) groups is 2. The second-order valence-electron chi connectivity index (χ2n) is 6.78. The molecule has 0 atom stereocenters. The van der Waals surface area contributed by atoms with E-state index in [1.54, 1.807) is 30.1 Å². The first-order valence-electron chi connectivity index (χ1n) is 8.82. The molecule has 0 aliphatic rings. The molecule has 0 saturated heterocycles. The first kappa shape index (κ1) is 19.7. The fourth-order valence-electron chi connectivity index (χ4n) is 2.76.